The van der Waals surface area contributed by atoms with Gasteiger partial charge in [0.25, 0.3) is 10.0 Å². The number of benzene rings is 1. The number of halogens is 2. The Balaban J connectivity index is 1.89. The fraction of sp³-hybridized carbons (Fsp3) is 0.118. The smallest absolute Gasteiger partial charge is 0.339 e. The molecule has 1 N–H and O–H groups in total. The van der Waals surface area contributed by atoms with Gasteiger partial charge in [0.05, 0.1) is 28.8 Å². The number of aromatic nitrogens is 3. The minimum absolute atomic E-state index is 0.0559. The third-order valence-corrected chi connectivity index (χ3v) is 5.31. The molecule has 1 aromatic carbocycles. The summed E-state index contributed by atoms with van der Waals surface area (Å²) in [5, 5.41) is 3.88. The van der Waals surface area contributed by atoms with Crippen molar-refractivity contribution in [1.82, 2.24) is 14.8 Å². The normalized spacial score (nSPS) is 11.3. The Bertz CT molecular complexity index is 1160. The quantitative estimate of drug-likeness (QED) is 0.631. The van der Waals surface area contributed by atoms with Gasteiger partial charge in [0.1, 0.15) is 11.5 Å². The lowest BCUT2D eigenvalue weighted by molar-refractivity contribution is 0.0600. The number of hydrogen-bond acceptors (Lipinski definition) is 6. The molecule has 0 unspecified atom stereocenters. The molecule has 0 aliphatic carbocycles. The van der Waals surface area contributed by atoms with Gasteiger partial charge >= 0.3 is 5.97 Å². The summed E-state index contributed by atoms with van der Waals surface area (Å²) in [6, 6.07) is 4.60. The number of pyridine rings is 1. The highest BCUT2D eigenvalue weighted by Gasteiger charge is 2.20. The maximum Gasteiger partial charge on any atom is 0.339 e. The summed E-state index contributed by atoms with van der Waals surface area (Å²) < 4.78 is 47.5. The molecule has 0 aliphatic rings. The van der Waals surface area contributed by atoms with Gasteiger partial charge in [-0.2, -0.15) is 5.10 Å². The Kier molecular flexibility index (Phi) is 5.34. The SMILES string of the molecule is COC(=O)c1cnc(NS(=O)(=O)c2ccc(-n3cc(C)cn3)c(F)c2)c(Cl)c1. The predicted molar refractivity (Wildman–Crippen MR) is 99.7 cm³/mol. The molecule has 0 fully saturated rings. The van der Waals surface area contributed by atoms with E-state index >= 15 is 0 Å². The minimum atomic E-state index is -4.17. The van der Waals surface area contributed by atoms with Crippen LogP contribution in [0.1, 0.15) is 15.9 Å². The van der Waals surface area contributed by atoms with E-state index in [4.69, 9.17) is 11.6 Å². The van der Waals surface area contributed by atoms with E-state index in [1.807, 2.05) is 0 Å². The van der Waals surface area contributed by atoms with E-state index in [0.29, 0.717) is 0 Å². The van der Waals surface area contributed by atoms with Crippen LogP contribution in [0.15, 0.2) is 47.8 Å². The van der Waals surface area contributed by atoms with Crippen LogP contribution in [0.4, 0.5) is 10.2 Å². The molecule has 3 rings (SSSR count). The van der Waals surface area contributed by atoms with Crippen LogP contribution in [-0.2, 0) is 14.8 Å². The van der Waals surface area contributed by atoms with Gasteiger partial charge < -0.3 is 4.74 Å². The maximum absolute atomic E-state index is 14.4. The van der Waals surface area contributed by atoms with Gasteiger partial charge in [-0.15, -0.1) is 0 Å². The Morgan fingerprint density at radius 2 is 2.04 bits per heavy atom. The van der Waals surface area contributed by atoms with Crippen molar-refractivity contribution in [1.29, 1.82) is 0 Å². The van der Waals surface area contributed by atoms with Crippen LogP contribution < -0.4 is 4.72 Å². The van der Waals surface area contributed by atoms with Crippen molar-refractivity contribution >= 4 is 33.4 Å². The molecule has 28 heavy (non-hydrogen) atoms. The van der Waals surface area contributed by atoms with Crippen LogP contribution >= 0.6 is 11.6 Å². The Morgan fingerprint density at radius 1 is 1.29 bits per heavy atom. The monoisotopic (exact) mass is 424 g/mol. The zero-order valence-corrected chi connectivity index (χ0v) is 16.3. The molecule has 0 radical (unpaired) electrons. The third-order valence-electron chi connectivity index (χ3n) is 3.68. The lowest BCUT2D eigenvalue weighted by atomic mass is 10.3. The average molecular weight is 425 g/mol. The van der Waals surface area contributed by atoms with Crippen LogP contribution in [0.25, 0.3) is 5.69 Å². The molecule has 0 atom stereocenters. The van der Waals surface area contributed by atoms with Crippen LogP contribution in [0.2, 0.25) is 5.02 Å². The van der Waals surface area contributed by atoms with Crippen LogP contribution in [0, 0.1) is 12.7 Å². The first-order chi connectivity index (χ1) is 13.2. The number of anilines is 1. The van der Waals surface area contributed by atoms with Crippen molar-refractivity contribution in [2.45, 2.75) is 11.8 Å². The van der Waals surface area contributed by atoms with Gasteiger partial charge in [0.2, 0.25) is 0 Å². The highest BCUT2D eigenvalue weighted by Crippen LogP contribution is 2.25. The van der Waals surface area contributed by atoms with Gasteiger partial charge in [-0.1, -0.05) is 11.6 Å². The van der Waals surface area contributed by atoms with Gasteiger partial charge in [-0.3, -0.25) is 4.72 Å². The van der Waals surface area contributed by atoms with E-state index in [-0.39, 0.29) is 27.0 Å². The number of sulfonamides is 1. The second-order valence-electron chi connectivity index (χ2n) is 5.73. The summed E-state index contributed by atoms with van der Waals surface area (Å²) in [7, 11) is -2.98. The van der Waals surface area contributed by atoms with E-state index in [0.717, 1.165) is 17.8 Å². The zero-order valence-electron chi connectivity index (χ0n) is 14.7. The van der Waals surface area contributed by atoms with Crippen molar-refractivity contribution in [3.63, 3.8) is 0 Å². The van der Waals surface area contributed by atoms with Gasteiger partial charge in [-0.05, 0) is 36.8 Å². The van der Waals surface area contributed by atoms with Crippen molar-refractivity contribution in [3.05, 3.63) is 64.8 Å². The average Bonchev–Trinajstić information content (AvgIpc) is 3.08. The summed E-state index contributed by atoms with van der Waals surface area (Å²) in [5.74, 6) is -1.65. The molecular weight excluding hydrogens is 411 g/mol. The summed E-state index contributed by atoms with van der Waals surface area (Å²) in [6.07, 6.45) is 4.27. The molecule has 0 amide bonds. The topological polar surface area (TPSA) is 103 Å². The first kappa shape index (κ1) is 19.8. The number of aryl methyl sites for hydroxylation is 1. The molecule has 8 nitrogen and oxygen atoms in total. The van der Waals surface area contributed by atoms with Gasteiger partial charge in [-0.25, -0.2) is 27.3 Å². The van der Waals surface area contributed by atoms with E-state index in [1.54, 1.807) is 19.3 Å². The Hall–Kier alpha value is -2.98. The molecule has 0 spiro atoms. The first-order valence-electron chi connectivity index (χ1n) is 7.79. The maximum atomic E-state index is 14.4. The van der Waals surface area contributed by atoms with E-state index in [1.165, 1.54) is 30.0 Å². The first-order valence-corrected chi connectivity index (χ1v) is 9.65. The number of esters is 1. The van der Waals surface area contributed by atoms with E-state index < -0.39 is 21.8 Å². The number of methoxy groups -OCH3 is 1. The Labute approximate surface area is 165 Å². The number of nitrogens with one attached hydrogen (secondary N) is 1. The fourth-order valence-electron chi connectivity index (χ4n) is 2.31. The molecule has 11 heteroatoms. The number of nitrogens with zero attached hydrogens (tertiary/aromatic N) is 3. The second-order valence-corrected chi connectivity index (χ2v) is 7.82. The number of carbonyl (C=O) groups is 1. The van der Waals surface area contributed by atoms with E-state index in [9.17, 15) is 17.6 Å². The third kappa shape index (κ3) is 3.97. The molecule has 0 saturated carbocycles. The number of ether oxygens (including phenoxy) is 1. The van der Waals surface area contributed by atoms with Crippen LogP contribution in [-0.4, -0.2) is 36.3 Å². The fourth-order valence-corrected chi connectivity index (χ4v) is 3.62. The van der Waals surface area contributed by atoms with Crippen LogP contribution in [0.5, 0.6) is 0 Å². The largest absolute Gasteiger partial charge is 0.465 e. The van der Waals surface area contributed by atoms with Gasteiger partial charge in [0.15, 0.2) is 5.82 Å². The molecule has 2 aromatic heterocycles. The lowest BCUT2D eigenvalue weighted by Gasteiger charge is -2.11. The molecule has 0 saturated heterocycles. The van der Waals surface area contributed by atoms with Crippen molar-refractivity contribution in [3.8, 4) is 5.69 Å². The summed E-state index contributed by atoms with van der Waals surface area (Å²) >= 11 is 5.98. The molecular formula is C17H14ClFN4O4S. The molecule has 146 valence electrons. The van der Waals surface area contributed by atoms with Crippen molar-refractivity contribution in [2.75, 3.05) is 11.8 Å². The predicted octanol–water partition coefficient (Wildman–Crippen LogP) is 2.96. The highest BCUT2D eigenvalue weighted by molar-refractivity contribution is 7.92. The summed E-state index contributed by atoms with van der Waals surface area (Å²) in [5.41, 5.74) is 0.986. The number of hydrogen-bond donors (Lipinski definition) is 1. The number of carbonyl (C=O) groups excluding carboxylic acids is 1. The van der Waals surface area contributed by atoms with Crippen molar-refractivity contribution in [2.24, 2.45) is 0 Å². The standard InChI is InChI=1S/C17H14ClFN4O4S/c1-10-7-21-23(9-10)15-4-3-12(6-14(15)19)28(25,26)22-16-13(18)5-11(8-20-16)17(24)27-2/h3-9H,1-2H3,(H,20,22). The van der Waals surface area contributed by atoms with Crippen molar-refractivity contribution < 1.29 is 22.3 Å². The Morgan fingerprint density at radius 3 is 2.61 bits per heavy atom. The van der Waals surface area contributed by atoms with E-state index in [2.05, 4.69) is 19.5 Å². The molecule has 3 aromatic rings. The molecule has 2 heterocycles. The second kappa shape index (κ2) is 7.56. The summed E-state index contributed by atoms with van der Waals surface area (Å²) in [4.78, 5) is 15.0. The number of rotatable bonds is 5. The highest BCUT2D eigenvalue weighted by atomic mass is 35.5. The van der Waals surface area contributed by atoms with Gasteiger partial charge in [0, 0.05) is 12.4 Å². The lowest BCUT2D eigenvalue weighted by Crippen LogP contribution is -2.15. The zero-order chi connectivity index (χ0) is 20.5. The van der Waals surface area contributed by atoms with Crippen LogP contribution in [0.3, 0.4) is 0 Å². The molecule has 0 bridgehead atoms. The summed E-state index contributed by atoms with van der Waals surface area (Å²) in [6.45, 7) is 1.80. The molecule has 0 aliphatic heterocycles. The minimum Gasteiger partial charge on any atom is -0.465 e.